The molecule has 0 saturated carbocycles. The van der Waals surface area contributed by atoms with E-state index in [9.17, 15) is 9.59 Å². The molecule has 2 aromatic carbocycles. The first kappa shape index (κ1) is 19.0. The minimum atomic E-state index is -0.140. The number of amides is 2. The maximum atomic E-state index is 12.6. The second-order valence-electron chi connectivity index (χ2n) is 7.08. The quantitative estimate of drug-likeness (QED) is 0.842. The van der Waals surface area contributed by atoms with Crippen LogP contribution in [-0.2, 0) is 4.79 Å². The third kappa shape index (κ3) is 4.88. The maximum absolute atomic E-state index is 12.6. The van der Waals surface area contributed by atoms with Crippen molar-refractivity contribution in [1.29, 1.82) is 0 Å². The van der Waals surface area contributed by atoms with Gasteiger partial charge in [0.25, 0.3) is 5.91 Å². The molecule has 3 rings (SSSR count). The lowest BCUT2D eigenvalue weighted by atomic mass is 10.1. The van der Waals surface area contributed by atoms with E-state index in [1.165, 1.54) is 12.0 Å². The summed E-state index contributed by atoms with van der Waals surface area (Å²) in [6.07, 6.45) is 3.31. The molecule has 1 fully saturated rings. The SMILES string of the molecule is Cc1cccc(NCC(=O)Nc2cccc(C(=O)N3CCCCC3)c2)c1C. The van der Waals surface area contributed by atoms with Crippen molar-refractivity contribution in [3.8, 4) is 0 Å². The molecule has 27 heavy (non-hydrogen) atoms. The summed E-state index contributed by atoms with van der Waals surface area (Å²) in [5.41, 5.74) is 4.55. The number of nitrogens with zero attached hydrogens (tertiary/aromatic N) is 1. The molecule has 1 aliphatic rings. The zero-order valence-electron chi connectivity index (χ0n) is 16.0. The van der Waals surface area contributed by atoms with Gasteiger partial charge in [0.05, 0.1) is 6.54 Å². The average molecular weight is 365 g/mol. The third-order valence-corrected chi connectivity index (χ3v) is 5.08. The molecule has 1 aliphatic heterocycles. The molecule has 2 aromatic rings. The molecular formula is C22H27N3O2. The van der Waals surface area contributed by atoms with E-state index in [1.54, 1.807) is 12.1 Å². The first-order valence-electron chi connectivity index (χ1n) is 9.54. The van der Waals surface area contributed by atoms with E-state index in [2.05, 4.69) is 10.6 Å². The van der Waals surface area contributed by atoms with E-state index in [-0.39, 0.29) is 18.4 Å². The van der Waals surface area contributed by atoms with Crippen LogP contribution in [0.15, 0.2) is 42.5 Å². The molecule has 0 atom stereocenters. The van der Waals surface area contributed by atoms with Crippen LogP contribution >= 0.6 is 0 Å². The van der Waals surface area contributed by atoms with Crippen LogP contribution in [0.25, 0.3) is 0 Å². The Morgan fingerprint density at radius 1 is 1.00 bits per heavy atom. The van der Waals surface area contributed by atoms with Crippen LogP contribution in [-0.4, -0.2) is 36.3 Å². The highest BCUT2D eigenvalue weighted by Gasteiger charge is 2.18. The molecule has 2 N–H and O–H groups in total. The number of carbonyl (C=O) groups excluding carboxylic acids is 2. The number of anilines is 2. The number of likely N-dealkylation sites (tertiary alicyclic amines) is 1. The number of nitrogens with one attached hydrogen (secondary N) is 2. The Hall–Kier alpha value is -2.82. The summed E-state index contributed by atoms with van der Waals surface area (Å²) in [6, 6.07) is 13.2. The van der Waals surface area contributed by atoms with Gasteiger partial charge in [-0.25, -0.2) is 0 Å². The molecule has 0 unspecified atom stereocenters. The fourth-order valence-electron chi connectivity index (χ4n) is 3.33. The van der Waals surface area contributed by atoms with Crippen LogP contribution < -0.4 is 10.6 Å². The monoisotopic (exact) mass is 365 g/mol. The summed E-state index contributed by atoms with van der Waals surface area (Å²) in [7, 11) is 0. The Balaban J connectivity index is 1.59. The van der Waals surface area contributed by atoms with E-state index < -0.39 is 0 Å². The van der Waals surface area contributed by atoms with Gasteiger partial charge < -0.3 is 15.5 Å². The molecule has 0 aliphatic carbocycles. The molecule has 142 valence electrons. The van der Waals surface area contributed by atoms with Crippen LogP contribution in [0.2, 0.25) is 0 Å². The summed E-state index contributed by atoms with van der Waals surface area (Å²) in [6.45, 7) is 5.88. The van der Waals surface area contributed by atoms with E-state index >= 15 is 0 Å². The van der Waals surface area contributed by atoms with Crippen molar-refractivity contribution in [3.63, 3.8) is 0 Å². The van der Waals surface area contributed by atoms with Gasteiger partial charge in [-0.1, -0.05) is 18.2 Å². The van der Waals surface area contributed by atoms with Crippen molar-refractivity contribution < 1.29 is 9.59 Å². The lowest BCUT2D eigenvalue weighted by Crippen LogP contribution is -2.35. The first-order valence-corrected chi connectivity index (χ1v) is 9.54. The zero-order valence-corrected chi connectivity index (χ0v) is 16.0. The summed E-state index contributed by atoms with van der Waals surface area (Å²) >= 11 is 0. The molecule has 2 amide bonds. The molecule has 0 spiro atoms. The van der Waals surface area contributed by atoms with Crippen molar-refractivity contribution in [2.45, 2.75) is 33.1 Å². The van der Waals surface area contributed by atoms with Crippen LogP contribution in [0.3, 0.4) is 0 Å². The third-order valence-electron chi connectivity index (χ3n) is 5.08. The highest BCUT2D eigenvalue weighted by molar-refractivity contribution is 5.98. The van der Waals surface area contributed by atoms with Crippen LogP contribution in [0.4, 0.5) is 11.4 Å². The van der Waals surface area contributed by atoms with Crippen molar-refractivity contribution >= 4 is 23.2 Å². The molecule has 5 nitrogen and oxygen atoms in total. The van der Waals surface area contributed by atoms with Gasteiger partial charge in [-0.15, -0.1) is 0 Å². The second kappa shape index (κ2) is 8.71. The lowest BCUT2D eigenvalue weighted by Gasteiger charge is -2.26. The summed E-state index contributed by atoms with van der Waals surface area (Å²) in [4.78, 5) is 26.8. The molecule has 1 heterocycles. The van der Waals surface area contributed by atoms with Gasteiger partial charge >= 0.3 is 0 Å². The topological polar surface area (TPSA) is 61.4 Å². The first-order chi connectivity index (χ1) is 13.0. The number of aryl methyl sites for hydroxylation is 1. The Bertz CT molecular complexity index is 826. The lowest BCUT2D eigenvalue weighted by molar-refractivity contribution is -0.114. The van der Waals surface area contributed by atoms with E-state index in [0.717, 1.165) is 37.2 Å². The van der Waals surface area contributed by atoms with E-state index in [0.29, 0.717) is 11.3 Å². The number of benzene rings is 2. The Morgan fingerprint density at radius 2 is 1.74 bits per heavy atom. The van der Waals surface area contributed by atoms with Gasteiger partial charge in [0.15, 0.2) is 0 Å². The standard InChI is InChI=1S/C22H27N3O2/c1-16-8-6-11-20(17(16)2)23-15-21(26)24-19-10-7-9-18(14-19)22(27)25-12-4-3-5-13-25/h6-11,14,23H,3-5,12-13,15H2,1-2H3,(H,24,26). The number of hydrogen-bond donors (Lipinski definition) is 2. The van der Waals surface area contributed by atoms with Crippen molar-refractivity contribution in [1.82, 2.24) is 4.90 Å². The van der Waals surface area contributed by atoms with Crippen LogP contribution in [0, 0.1) is 13.8 Å². The van der Waals surface area contributed by atoms with Crippen LogP contribution in [0.5, 0.6) is 0 Å². The Kier molecular flexibility index (Phi) is 6.12. The molecular weight excluding hydrogens is 338 g/mol. The minimum absolute atomic E-state index is 0.0410. The normalized spacial score (nSPS) is 13.9. The van der Waals surface area contributed by atoms with E-state index in [1.807, 2.05) is 49.1 Å². The molecule has 5 heteroatoms. The maximum Gasteiger partial charge on any atom is 0.253 e. The van der Waals surface area contributed by atoms with Crippen molar-refractivity contribution in [2.24, 2.45) is 0 Å². The average Bonchev–Trinajstić information content (AvgIpc) is 2.69. The van der Waals surface area contributed by atoms with Crippen LogP contribution in [0.1, 0.15) is 40.7 Å². The van der Waals surface area contributed by atoms with E-state index in [4.69, 9.17) is 0 Å². The molecule has 0 radical (unpaired) electrons. The number of rotatable bonds is 5. The predicted octanol–water partition coefficient (Wildman–Crippen LogP) is 3.98. The molecule has 0 bridgehead atoms. The minimum Gasteiger partial charge on any atom is -0.376 e. The predicted molar refractivity (Wildman–Crippen MR) is 109 cm³/mol. The fourth-order valence-corrected chi connectivity index (χ4v) is 3.33. The molecule has 0 aromatic heterocycles. The zero-order chi connectivity index (χ0) is 19.2. The highest BCUT2D eigenvalue weighted by atomic mass is 16.2. The second-order valence-corrected chi connectivity index (χ2v) is 7.08. The van der Waals surface area contributed by atoms with Gasteiger partial charge in [-0.2, -0.15) is 0 Å². The highest BCUT2D eigenvalue weighted by Crippen LogP contribution is 2.18. The summed E-state index contributed by atoms with van der Waals surface area (Å²) in [5, 5.41) is 6.05. The van der Waals surface area contributed by atoms with Gasteiger partial charge in [-0.3, -0.25) is 9.59 Å². The van der Waals surface area contributed by atoms with Gasteiger partial charge in [-0.05, 0) is 68.5 Å². The van der Waals surface area contributed by atoms with Gasteiger partial charge in [0.1, 0.15) is 0 Å². The smallest absolute Gasteiger partial charge is 0.253 e. The Morgan fingerprint density at radius 3 is 2.52 bits per heavy atom. The Labute approximate surface area is 160 Å². The van der Waals surface area contributed by atoms with Gasteiger partial charge in [0, 0.05) is 30.0 Å². The largest absolute Gasteiger partial charge is 0.376 e. The van der Waals surface area contributed by atoms with Crippen molar-refractivity contribution in [2.75, 3.05) is 30.3 Å². The summed E-state index contributed by atoms with van der Waals surface area (Å²) in [5.74, 6) is -0.0993. The van der Waals surface area contributed by atoms with Gasteiger partial charge in [0.2, 0.25) is 5.91 Å². The number of piperidine rings is 1. The van der Waals surface area contributed by atoms with Crippen molar-refractivity contribution in [3.05, 3.63) is 59.2 Å². The number of hydrogen-bond acceptors (Lipinski definition) is 3. The number of carbonyl (C=O) groups is 2. The fraction of sp³-hybridized carbons (Fsp3) is 0.364. The molecule has 1 saturated heterocycles. The summed E-state index contributed by atoms with van der Waals surface area (Å²) < 4.78 is 0.